The van der Waals surface area contributed by atoms with Gasteiger partial charge in [-0.3, -0.25) is 0 Å². The van der Waals surface area contributed by atoms with Crippen LogP contribution in [0.3, 0.4) is 0 Å². The minimum Gasteiger partial charge on any atom is -0.475 e. The van der Waals surface area contributed by atoms with Gasteiger partial charge >= 0.3 is 5.97 Å². The second-order valence-corrected chi connectivity index (χ2v) is 3.88. The molecule has 0 unspecified atom stereocenters. The summed E-state index contributed by atoms with van der Waals surface area (Å²) in [5.74, 6) is -3.86. The van der Waals surface area contributed by atoms with E-state index in [0.717, 1.165) is 6.07 Å². The average Bonchev–Trinajstić information content (AvgIpc) is 2.78. The van der Waals surface area contributed by atoms with Crippen molar-refractivity contribution in [2.45, 2.75) is 6.43 Å². The number of carbonyl (C=O) groups is 1. The molecular formula is C11H5ClF3NO3. The van der Waals surface area contributed by atoms with Gasteiger partial charge in [-0.2, -0.15) is 0 Å². The summed E-state index contributed by atoms with van der Waals surface area (Å²) in [5, 5.41) is 8.55. The van der Waals surface area contributed by atoms with Crippen LogP contribution in [0.2, 0.25) is 5.02 Å². The molecule has 2 rings (SSSR count). The Kier molecular flexibility index (Phi) is 3.48. The molecule has 1 aromatic heterocycles. The summed E-state index contributed by atoms with van der Waals surface area (Å²) in [7, 11) is 0. The smallest absolute Gasteiger partial charge is 0.374 e. The van der Waals surface area contributed by atoms with Gasteiger partial charge in [-0.25, -0.2) is 22.9 Å². The van der Waals surface area contributed by atoms with Crippen molar-refractivity contribution >= 4 is 17.6 Å². The van der Waals surface area contributed by atoms with Crippen LogP contribution in [0.4, 0.5) is 13.2 Å². The van der Waals surface area contributed by atoms with E-state index < -0.39 is 35.6 Å². The van der Waals surface area contributed by atoms with E-state index in [1.165, 1.54) is 12.1 Å². The third-order valence-electron chi connectivity index (χ3n) is 2.22. The van der Waals surface area contributed by atoms with Crippen LogP contribution < -0.4 is 0 Å². The Morgan fingerprint density at radius 2 is 2.11 bits per heavy atom. The number of aromatic nitrogens is 1. The summed E-state index contributed by atoms with van der Waals surface area (Å²) in [6.45, 7) is 0. The average molecular weight is 292 g/mol. The Hall–Kier alpha value is -2.02. The minimum atomic E-state index is -3.11. The summed E-state index contributed by atoms with van der Waals surface area (Å²) in [5.41, 5.74) is -0.992. The molecule has 0 aliphatic carbocycles. The van der Waals surface area contributed by atoms with Gasteiger partial charge in [0, 0.05) is 5.56 Å². The normalized spacial score (nSPS) is 11.0. The largest absolute Gasteiger partial charge is 0.475 e. The van der Waals surface area contributed by atoms with E-state index in [1.54, 1.807) is 0 Å². The number of alkyl halides is 2. The topological polar surface area (TPSA) is 63.3 Å². The highest BCUT2D eigenvalue weighted by Crippen LogP contribution is 2.29. The summed E-state index contributed by atoms with van der Waals surface area (Å²) in [6, 6.07) is 3.37. The molecule has 19 heavy (non-hydrogen) atoms. The summed E-state index contributed by atoms with van der Waals surface area (Å²) in [6.07, 6.45) is -3.11. The monoisotopic (exact) mass is 291 g/mol. The van der Waals surface area contributed by atoms with Gasteiger partial charge in [-0.15, -0.1) is 0 Å². The first-order valence-electron chi connectivity index (χ1n) is 4.87. The number of hydrogen-bond acceptors (Lipinski definition) is 3. The molecule has 0 saturated heterocycles. The van der Waals surface area contributed by atoms with Gasteiger partial charge < -0.3 is 9.52 Å². The number of carboxylic acids is 1. The molecule has 8 heteroatoms. The summed E-state index contributed by atoms with van der Waals surface area (Å²) >= 11 is 5.47. The SMILES string of the molecule is O=C(O)c1oc(-c2ccc(Cl)c(F)c2)nc1C(F)F. The Labute approximate surface area is 109 Å². The van der Waals surface area contributed by atoms with Crippen LogP contribution in [-0.4, -0.2) is 16.1 Å². The summed E-state index contributed by atoms with van der Waals surface area (Å²) < 4.78 is 43.1. The number of rotatable bonds is 3. The minimum absolute atomic E-state index is 0.0105. The van der Waals surface area contributed by atoms with Gasteiger partial charge in [-0.05, 0) is 18.2 Å². The van der Waals surface area contributed by atoms with Crippen molar-refractivity contribution in [3.63, 3.8) is 0 Å². The second kappa shape index (κ2) is 4.93. The Morgan fingerprint density at radius 1 is 1.42 bits per heavy atom. The molecule has 0 fully saturated rings. The predicted molar refractivity (Wildman–Crippen MR) is 58.8 cm³/mol. The predicted octanol–water partition coefficient (Wildman–Crippen LogP) is 3.77. The zero-order chi connectivity index (χ0) is 14.2. The van der Waals surface area contributed by atoms with Gasteiger partial charge in [0.1, 0.15) is 5.82 Å². The van der Waals surface area contributed by atoms with Crippen molar-refractivity contribution in [2.24, 2.45) is 0 Å². The second-order valence-electron chi connectivity index (χ2n) is 3.47. The van der Waals surface area contributed by atoms with Gasteiger partial charge in [0.05, 0.1) is 5.02 Å². The van der Waals surface area contributed by atoms with Crippen LogP contribution in [0.15, 0.2) is 22.6 Å². The van der Waals surface area contributed by atoms with Crippen LogP contribution in [0.1, 0.15) is 22.7 Å². The van der Waals surface area contributed by atoms with E-state index in [-0.39, 0.29) is 10.6 Å². The van der Waals surface area contributed by atoms with E-state index in [0.29, 0.717) is 0 Å². The van der Waals surface area contributed by atoms with Crippen LogP contribution >= 0.6 is 11.6 Å². The standard InChI is InChI=1S/C11H5ClF3NO3/c12-5-2-1-4(3-6(5)13)10-16-7(9(14)15)8(19-10)11(17)18/h1-3,9H,(H,17,18). The highest BCUT2D eigenvalue weighted by atomic mass is 35.5. The Bertz CT molecular complexity index is 642. The van der Waals surface area contributed by atoms with Crippen LogP contribution in [0, 0.1) is 5.82 Å². The van der Waals surface area contributed by atoms with Crippen molar-refractivity contribution in [3.8, 4) is 11.5 Å². The first kappa shape index (κ1) is 13.4. The number of oxazole rings is 1. The quantitative estimate of drug-likeness (QED) is 0.935. The van der Waals surface area contributed by atoms with Crippen molar-refractivity contribution in [1.29, 1.82) is 0 Å². The lowest BCUT2D eigenvalue weighted by Gasteiger charge is -1.97. The van der Waals surface area contributed by atoms with Crippen LogP contribution in [0.25, 0.3) is 11.5 Å². The van der Waals surface area contributed by atoms with E-state index in [2.05, 4.69) is 4.98 Å². The molecule has 0 atom stereocenters. The maximum atomic E-state index is 13.2. The lowest BCUT2D eigenvalue weighted by molar-refractivity contribution is 0.0647. The fraction of sp³-hybridized carbons (Fsp3) is 0.0909. The van der Waals surface area contributed by atoms with Crippen molar-refractivity contribution in [3.05, 3.63) is 40.5 Å². The number of nitrogens with zero attached hydrogens (tertiary/aromatic N) is 1. The van der Waals surface area contributed by atoms with E-state index in [9.17, 15) is 18.0 Å². The highest BCUT2D eigenvalue weighted by Gasteiger charge is 2.26. The number of benzene rings is 1. The molecule has 0 bridgehead atoms. The number of hydrogen-bond donors (Lipinski definition) is 1. The maximum absolute atomic E-state index is 13.2. The number of carboxylic acid groups (broad SMARTS) is 1. The highest BCUT2D eigenvalue weighted by molar-refractivity contribution is 6.30. The van der Waals surface area contributed by atoms with E-state index >= 15 is 0 Å². The maximum Gasteiger partial charge on any atom is 0.374 e. The number of aromatic carboxylic acids is 1. The lowest BCUT2D eigenvalue weighted by Crippen LogP contribution is -1.99. The first-order valence-corrected chi connectivity index (χ1v) is 5.25. The molecule has 1 aromatic carbocycles. The first-order chi connectivity index (χ1) is 8.90. The van der Waals surface area contributed by atoms with Crippen LogP contribution in [0.5, 0.6) is 0 Å². The van der Waals surface area contributed by atoms with Crippen molar-refractivity contribution in [1.82, 2.24) is 4.98 Å². The zero-order valence-corrected chi connectivity index (χ0v) is 9.79. The lowest BCUT2D eigenvalue weighted by atomic mass is 10.2. The molecule has 0 amide bonds. The fourth-order valence-electron chi connectivity index (χ4n) is 1.39. The molecule has 0 aliphatic heterocycles. The van der Waals surface area contributed by atoms with Gasteiger partial charge in [0.25, 0.3) is 6.43 Å². The fourth-order valence-corrected chi connectivity index (χ4v) is 1.50. The molecule has 0 spiro atoms. The third kappa shape index (κ3) is 2.55. The van der Waals surface area contributed by atoms with Gasteiger partial charge in [-0.1, -0.05) is 11.6 Å². The van der Waals surface area contributed by atoms with Crippen molar-refractivity contribution in [2.75, 3.05) is 0 Å². The Balaban J connectivity index is 2.54. The summed E-state index contributed by atoms with van der Waals surface area (Å²) in [4.78, 5) is 14.1. The zero-order valence-electron chi connectivity index (χ0n) is 9.03. The van der Waals surface area contributed by atoms with Gasteiger partial charge in [0.15, 0.2) is 5.69 Å². The molecule has 100 valence electrons. The van der Waals surface area contributed by atoms with Crippen molar-refractivity contribution < 1.29 is 27.5 Å². The molecule has 1 heterocycles. The van der Waals surface area contributed by atoms with Gasteiger partial charge in [0.2, 0.25) is 11.7 Å². The third-order valence-corrected chi connectivity index (χ3v) is 2.53. The van der Waals surface area contributed by atoms with Crippen LogP contribution in [-0.2, 0) is 0 Å². The molecule has 0 saturated carbocycles. The van der Waals surface area contributed by atoms with E-state index in [1.807, 2.05) is 0 Å². The molecule has 0 aliphatic rings. The molecule has 1 N–H and O–H groups in total. The molecule has 2 aromatic rings. The Morgan fingerprint density at radius 3 is 2.58 bits per heavy atom. The van der Waals surface area contributed by atoms with E-state index in [4.69, 9.17) is 21.1 Å². The molecular weight excluding hydrogens is 287 g/mol. The molecule has 4 nitrogen and oxygen atoms in total. The number of halogens is 4. The molecule has 0 radical (unpaired) electrons.